The van der Waals surface area contributed by atoms with Crippen molar-refractivity contribution in [1.29, 1.82) is 0 Å². The summed E-state index contributed by atoms with van der Waals surface area (Å²) in [5.41, 5.74) is 1.33. The average Bonchev–Trinajstić information content (AvgIpc) is 3.28. The van der Waals surface area contributed by atoms with Crippen molar-refractivity contribution in [2.75, 3.05) is 30.1 Å². The molecule has 0 bridgehead atoms. The number of thioether (sulfide) groups is 1. The van der Waals surface area contributed by atoms with E-state index in [1.165, 1.54) is 44.3 Å². The Bertz CT molecular complexity index is 1670. The third kappa shape index (κ3) is 9.67. The zero-order chi connectivity index (χ0) is 39.2. The molecule has 2 aromatic rings. The van der Waals surface area contributed by atoms with Gasteiger partial charge in [0.25, 0.3) is 11.8 Å². The minimum atomic E-state index is -1.81. The Morgan fingerprint density at radius 3 is 2.10 bits per heavy atom. The number of nitrogens with zero attached hydrogens (tertiary/aromatic N) is 1. The fourth-order valence-corrected chi connectivity index (χ4v) is 6.72. The van der Waals surface area contributed by atoms with Crippen LogP contribution < -0.4 is 20.1 Å². The predicted molar refractivity (Wildman–Crippen MR) is 206 cm³/mol. The van der Waals surface area contributed by atoms with Crippen molar-refractivity contribution in [3.05, 3.63) is 47.5 Å². The van der Waals surface area contributed by atoms with Gasteiger partial charge in [0, 0.05) is 17.7 Å². The average molecular weight is 740 g/mol. The van der Waals surface area contributed by atoms with Crippen molar-refractivity contribution in [3.63, 3.8) is 0 Å². The summed E-state index contributed by atoms with van der Waals surface area (Å²) in [5, 5.41) is 5.50. The summed E-state index contributed by atoms with van der Waals surface area (Å²) >= 11 is 1.28. The number of cyclic esters (lactones) is 1. The van der Waals surface area contributed by atoms with Gasteiger partial charge < -0.3 is 24.8 Å². The molecule has 0 spiro atoms. The molecular formula is C40H57N3O8S. The lowest BCUT2D eigenvalue weighted by molar-refractivity contribution is -0.143. The smallest absolute Gasteiger partial charge is 0.418 e. The number of carbonyl (C=O) groups is 5. The Morgan fingerprint density at radius 1 is 0.904 bits per heavy atom. The van der Waals surface area contributed by atoms with E-state index in [0.717, 1.165) is 24.2 Å². The van der Waals surface area contributed by atoms with E-state index in [9.17, 15) is 24.0 Å². The van der Waals surface area contributed by atoms with Crippen LogP contribution >= 0.6 is 11.8 Å². The summed E-state index contributed by atoms with van der Waals surface area (Å²) in [6.45, 7) is 21.5. The molecule has 11 nitrogen and oxygen atoms in total. The molecule has 286 valence electrons. The van der Waals surface area contributed by atoms with Crippen LogP contribution in [0.25, 0.3) is 0 Å². The van der Waals surface area contributed by atoms with E-state index in [-0.39, 0.29) is 34.6 Å². The highest BCUT2D eigenvalue weighted by molar-refractivity contribution is 8.01. The number of benzene rings is 2. The topological polar surface area (TPSA) is 140 Å². The fraction of sp³-hybridized carbons (Fsp3) is 0.575. The number of imide groups is 1. The van der Waals surface area contributed by atoms with Gasteiger partial charge in [-0.25, -0.2) is 9.69 Å². The Kier molecular flexibility index (Phi) is 13.6. The molecule has 1 saturated heterocycles. The molecule has 3 rings (SSSR count). The van der Waals surface area contributed by atoms with Gasteiger partial charge in [-0.15, -0.1) is 11.8 Å². The standard InChI is InChI=1S/C40H57N3O8S/c1-13-37(4,5)25-18-20-29(27(23-25)38(6,7)14-2)50-22-16-17-31(44)41-26-19-21-30(49-12)28(24-26)42-34(46)32(33(45)40(10,11)52-15-3)43-35(47)39(8,9)51-36(43)48/h18-21,23-24,32H,13-17,22H2,1-12H3,(H,41,44)(H,42,46). The van der Waals surface area contributed by atoms with Crippen LogP contribution in [-0.4, -0.2) is 70.4 Å². The number of ether oxygens (including phenoxy) is 3. The highest BCUT2D eigenvalue weighted by atomic mass is 32.2. The number of Topliss-reactive ketones (excluding diaryl/α,β-unsaturated/α-hetero) is 1. The van der Waals surface area contributed by atoms with Gasteiger partial charge in [-0.2, -0.15) is 0 Å². The maximum atomic E-state index is 13.9. The van der Waals surface area contributed by atoms with Gasteiger partial charge in [0.05, 0.1) is 24.2 Å². The molecule has 1 atom stereocenters. The van der Waals surface area contributed by atoms with Gasteiger partial charge in [0.2, 0.25) is 5.91 Å². The summed E-state index contributed by atoms with van der Waals surface area (Å²) in [7, 11) is 1.40. The first-order valence-corrected chi connectivity index (χ1v) is 19.0. The van der Waals surface area contributed by atoms with Gasteiger partial charge in [-0.3, -0.25) is 19.2 Å². The van der Waals surface area contributed by atoms with Crippen molar-refractivity contribution in [2.24, 2.45) is 0 Å². The normalized spacial score (nSPS) is 15.2. The molecule has 1 aliphatic rings. The minimum absolute atomic E-state index is 0.0430. The van der Waals surface area contributed by atoms with Crippen molar-refractivity contribution in [1.82, 2.24) is 4.90 Å². The van der Waals surface area contributed by atoms with E-state index >= 15 is 0 Å². The molecule has 0 aromatic heterocycles. The van der Waals surface area contributed by atoms with E-state index in [1.54, 1.807) is 26.0 Å². The molecule has 2 N–H and O–H groups in total. The molecule has 1 aliphatic heterocycles. The maximum absolute atomic E-state index is 13.9. The Balaban J connectivity index is 1.75. The summed E-state index contributed by atoms with van der Waals surface area (Å²) in [6.07, 6.45) is 1.52. The van der Waals surface area contributed by atoms with Crippen LogP contribution in [0.2, 0.25) is 0 Å². The van der Waals surface area contributed by atoms with Gasteiger partial charge in [-0.05, 0) is 93.4 Å². The molecule has 0 aliphatic carbocycles. The fourth-order valence-electron chi connectivity index (χ4n) is 5.74. The molecule has 1 unspecified atom stereocenters. The molecule has 0 radical (unpaired) electrons. The van der Waals surface area contributed by atoms with E-state index in [2.05, 4.69) is 64.3 Å². The van der Waals surface area contributed by atoms with E-state index in [4.69, 9.17) is 14.2 Å². The number of hydrogen-bond donors (Lipinski definition) is 2. The molecule has 52 heavy (non-hydrogen) atoms. The second-order valence-electron chi connectivity index (χ2n) is 15.4. The number of anilines is 2. The number of ketones is 1. The number of amides is 4. The van der Waals surface area contributed by atoms with Crippen molar-refractivity contribution >= 4 is 52.7 Å². The van der Waals surface area contributed by atoms with Crippen LogP contribution in [0.3, 0.4) is 0 Å². The van der Waals surface area contributed by atoms with Gasteiger partial charge in [0.1, 0.15) is 11.5 Å². The minimum Gasteiger partial charge on any atom is -0.495 e. The molecular weight excluding hydrogens is 683 g/mol. The first-order chi connectivity index (χ1) is 24.1. The van der Waals surface area contributed by atoms with Crippen LogP contribution in [-0.2, 0) is 34.7 Å². The van der Waals surface area contributed by atoms with Gasteiger partial charge in [-0.1, -0.05) is 60.6 Å². The molecule has 1 heterocycles. The van der Waals surface area contributed by atoms with Crippen LogP contribution in [0.4, 0.5) is 16.2 Å². The molecule has 0 saturated carbocycles. The Morgan fingerprint density at radius 2 is 1.54 bits per heavy atom. The third-order valence-electron chi connectivity index (χ3n) is 9.93. The van der Waals surface area contributed by atoms with E-state index in [0.29, 0.717) is 29.4 Å². The molecule has 4 amide bonds. The number of carbonyl (C=O) groups excluding carboxylic acids is 5. The van der Waals surface area contributed by atoms with E-state index < -0.39 is 40.1 Å². The first kappa shape index (κ1) is 42.4. The first-order valence-electron chi connectivity index (χ1n) is 18.0. The van der Waals surface area contributed by atoms with Gasteiger partial charge >= 0.3 is 6.09 Å². The maximum Gasteiger partial charge on any atom is 0.418 e. The lowest BCUT2D eigenvalue weighted by atomic mass is 9.76. The van der Waals surface area contributed by atoms with Crippen molar-refractivity contribution < 1.29 is 38.2 Å². The molecule has 1 fully saturated rings. The highest BCUT2D eigenvalue weighted by Crippen LogP contribution is 2.39. The number of hydrogen-bond acceptors (Lipinski definition) is 9. The Hall–Kier alpha value is -4.06. The largest absolute Gasteiger partial charge is 0.495 e. The second-order valence-corrected chi connectivity index (χ2v) is 17.2. The van der Waals surface area contributed by atoms with Crippen LogP contribution in [0.5, 0.6) is 11.5 Å². The zero-order valence-corrected chi connectivity index (χ0v) is 33.7. The Labute approximate surface area is 313 Å². The number of methoxy groups -OCH3 is 1. The van der Waals surface area contributed by atoms with Crippen LogP contribution in [0.1, 0.15) is 113 Å². The summed E-state index contributed by atoms with van der Waals surface area (Å²) in [4.78, 5) is 67.4. The summed E-state index contributed by atoms with van der Waals surface area (Å²) in [5.74, 6) is -1.02. The third-order valence-corrected chi connectivity index (χ3v) is 11.1. The predicted octanol–water partition coefficient (Wildman–Crippen LogP) is 8.03. The summed E-state index contributed by atoms with van der Waals surface area (Å²) in [6, 6.07) is 9.28. The molecule has 2 aromatic carbocycles. The van der Waals surface area contributed by atoms with Gasteiger partial charge in [0.15, 0.2) is 17.4 Å². The van der Waals surface area contributed by atoms with Crippen LogP contribution in [0.15, 0.2) is 36.4 Å². The second kappa shape index (κ2) is 16.7. The number of rotatable bonds is 18. The van der Waals surface area contributed by atoms with E-state index in [1.807, 2.05) is 13.0 Å². The lowest BCUT2D eigenvalue weighted by Crippen LogP contribution is -2.57. The van der Waals surface area contributed by atoms with Crippen LogP contribution in [0, 0.1) is 0 Å². The zero-order valence-electron chi connectivity index (χ0n) is 32.9. The van der Waals surface area contributed by atoms with Crippen molar-refractivity contribution in [3.8, 4) is 11.5 Å². The highest BCUT2D eigenvalue weighted by Gasteiger charge is 2.55. The lowest BCUT2D eigenvalue weighted by Gasteiger charge is -2.30. The summed E-state index contributed by atoms with van der Waals surface area (Å²) < 4.78 is 15.8. The monoisotopic (exact) mass is 739 g/mol. The molecule has 12 heteroatoms. The number of nitrogens with one attached hydrogen (secondary N) is 2. The SMILES string of the molecule is CCSC(C)(C)C(=O)C(C(=O)Nc1cc(NC(=O)CCCOc2ccc(C(C)(C)CC)cc2C(C)(C)CC)ccc1OC)N1C(=O)OC(C)(C)C1=O. The van der Waals surface area contributed by atoms with Crippen molar-refractivity contribution in [2.45, 2.75) is 129 Å². The quantitative estimate of drug-likeness (QED) is 0.115.